The maximum atomic E-state index is 12.5. The average molecular weight is 310 g/mol. The molecule has 3 N–H and O–H groups in total. The smallest absolute Gasteiger partial charge is 0.238 e. The monoisotopic (exact) mass is 310 g/mol. The topological polar surface area (TPSA) is 89.3 Å². The van der Waals surface area contributed by atoms with Crippen LogP contribution in [0, 0.1) is 17.3 Å². The first-order chi connectivity index (χ1) is 9.65. The Balaban J connectivity index is 2.10. The fourth-order valence-electron chi connectivity index (χ4n) is 2.89. The van der Waals surface area contributed by atoms with Crippen molar-refractivity contribution in [3.05, 3.63) is 24.3 Å². The highest BCUT2D eigenvalue weighted by atomic mass is 32.2. The highest BCUT2D eigenvalue weighted by Gasteiger charge is 2.56. The molecule has 0 saturated heterocycles. The molecule has 116 valence electrons. The van der Waals surface area contributed by atoms with Gasteiger partial charge < -0.3 is 5.32 Å². The highest BCUT2D eigenvalue weighted by molar-refractivity contribution is 7.89. The van der Waals surface area contributed by atoms with Crippen LogP contribution in [0.25, 0.3) is 0 Å². The van der Waals surface area contributed by atoms with Crippen LogP contribution in [-0.2, 0) is 14.8 Å². The zero-order valence-electron chi connectivity index (χ0n) is 12.6. The van der Waals surface area contributed by atoms with Crippen LogP contribution >= 0.6 is 0 Å². The van der Waals surface area contributed by atoms with Crippen LogP contribution in [-0.4, -0.2) is 14.3 Å². The summed E-state index contributed by atoms with van der Waals surface area (Å²) in [7, 11) is -3.70. The molecule has 5 nitrogen and oxygen atoms in total. The fourth-order valence-corrected chi connectivity index (χ4v) is 3.41. The first-order valence-corrected chi connectivity index (χ1v) is 8.64. The summed E-state index contributed by atoms with van der Waals surface area (Å²) in [5, 5.41) is 7.93. The van der Waals surface area contributed by atoms with Gasteiger partial charge in [0.05, 0.1) is 10.3 Å². The van der Waals surface area contributed by atoms with Crippen molar-refractivity contribution in [1.29, 1.82) is 0 Å². The van der Waals surface area contributed by atoms with Crippen LogP contribution in [0.5, 0.6) is 0 Å². The lowest BCUT2D eigenvalue weighted by atomic mass is 9.91. The van der Waals surface area contributed by atoms with Crippen molar-refractivity contribution < 1.29 is 13.2 Å². The van der Waals surface area contributed by atoms with Crippen molar-refractivity contribution in [3.8, 4) is 0 Å². The number of carbonyl (C=O) groups is 1. The van der Waals surface area contributed by atoms with Crippen LogP contribution in [0.2, 0.25) is 0 Å². The van der Waals surface area contributed by atoms with Gasteiger partial charge in [0.2, 0.25) is 15.9 Å². The lowest BCUT2D eigenvalue weighted by Crippen LogP contribution is -2.27. The second kappa shape index (κ2) is 5.42. The summed E-state index contributed by atoms with van der Waals surface area (Å²) in [6.07, 6.45) is 1.78. The molecule has 6 heteroatoms. The molecule has 2 rings (SSSR count). The number of primary sulfonamides is 1. The third kappa shape index (κ3) is 3.44. The number of rotatable bonds is 5. The van der Waals surface area contributed by atoms with E-state index in [9.17, 15) is 13.2 Å². The minimum atomic E-state index is -3.70. The maximum Gasteiger partial charge on any atom is 0.238 e. The van der Waals surface area contributed by atoms with Gasteiger partial charge in [-0.3, -0.25) is 4.79 Å². The van der Waals surface area contributed by atoms with E-state index in [4.69, 9.17) is 5.14 Å². The molecule has 0 aromatic heterocycles. The lowest BCUT2D eigenvalue weighted by molar-refractivity contribution is -0.122. The summed E-state index contributed by atoms with van der Waals surface area (Å²) in [4.78, 5) is 12.5. The molecule has 2 atom stereocenters. The predicted octanol–water partition coefficient (Wildman–Crippen LogP) is 2.34. The predicted molar refractivity (Wildman–Crippen MR) is 82.1 cm³/mol. The summed E-state index contributed by atoms with van der Waals surface area (Å²) in [5.74, 6) is 0.876. The Morgan fingerprint density at radius 2 is 1.90 bits per heavy atom. The van der Waals surface area contributed by atoms with Gasteiger partial charge in [-0.15, -0.1) is 0 Å². The average Bonchev–Trinajstić information content (AvgIpc) is 2.99. The van der Waals surface area contributed by atoms with Crippen LogP contribution in [0.15, 0.2) is 29.2 Å². The lowest BCUT2D eigenvalue weighted by Gasteiger charge is -2.18. The van der Waals surface area contributed by atoms with Crippen LogP contribution in [0.4, 0.5) is 5.69 Å². The Bertz CT molecular complexity index is 637. The van der Waals surface area contributed by atoms with Crippen molar-refractivity contribution in [2.45, 2.75) is 38.5 Å². The van der Waals surface area contributed by atoms with Gasteiger partial charge in [-0.2, -0.15) is 0 Å². The fraction of sp³-hybridized carbons (Fsp3) is 0.533. The van der Waals surface area contributed by atoms with Gasteiger partial charge in [0.1, 0.15) is 0 Å². The molecule has 1 aliphatic rings. The quantitative estimate of drug-likeness (QED) is 0.874. The van der Waals surface area contributed by atoms with E-state index < -0.39 is 10.0 Å². The number of nitrogens with one attached hydrogen (secondary N) is 1. The summed E-state index contributed by atoms with van der Waals surface area (Å²) in [6.45, 7) is 6.31. The molecule has 1 unspecified atom stereocenters. The van der Waals surface area contributed by atoms with E-state index in [1.807, 2.05) is 0 Å². The third-order valence-corrected chi connectivity index (χ3v) is 5.05. The Morgan fingerprint density at radius 3 is 2.29 bits per heavy atom. The van der Waals surface area contributed by atoms with Gasteiger partial charge in [-0.25, -0.2) is 13.6 Å². The molecule has 0 radical (unpaired) electrons. The number of anilines is 1. The first kappa shape index (κ1) is 16.0. The maximum absolute atomic E-state index is 12.5. The molecule has 1 aromatic rings. The van der Waals surface area contributed by atoms with E-state index in [0.29, 0.717) is 17.5 Å². The molecule has 0 aliphatic heterocycles. The second-order valence-electron chi connectivity index (χ2n) is 6.38. The van der Waals surface area contributed by atoms with Gasteiger partial charge in [-0.05, 0) is 48.9 Å². The van der Waals surface area contributed by atoms with Gasteiger partial charge in [-0.1, -0.05) is 20.8 Å². The van der Waals surface area contributed by atoms with Gasteiger partial charge in [0.15, 0.2) is 0 Å². The third-order valence-electron chi connectivity index (χ3n) is 4.12. The van der Waals surface area contributed by atoms with Crippen LogP contribution in [0.1, 0.15) is 33.6 Å². The molecule has 1 aromatic carbocycles. The first-order valence-electron chi connectivity index (χ1n) is 7.09. The van der Waals surface area contributed by atoms with E-state index in [1.165, 1.54) is 12.1 Å². The normalized spacial score (nSPS) is 24.9. The molecular weight excluding hydrogens is 288 g/mol. The molecule has 0 bridgehead atoms. The van der Waals surface area contributed by atoms with Crippen LogP contribution < -0.4 is 10.5 Å². The summed E-state index contributed by atoms with van der Waals surface area (Å²) in [5.41, 5.74) is 0.321. The number of hydrogen-bond donors (Lipinski definition) is 2. The molecule has 0 heterocycles. The van der Waals surface area contributed by atoms with Crippen molar-refractivity contribution in [1.82, 2.24) is 0 Å². The van der Waals surface area contributed by atoms with E-state index in [-0.39, 0.29) is 16.2 Å². The minimum Gasteiger partial charge on any atom is -0.326 e. The highest BCUT2D eigenvalue weighted by Crippen LogP contribution is 2.57. The standard InChI is InChI=1S/C15H22N2O3S/c1-10(2)8-15(9-11(15)3)14(18)17-12-4-6-13(7-5-12)21(16,19)20/h4-7,10-11H,8-9H2,1-3H3,(H,17,18)(H2,16,19,20)/t11-,15?/m0/s1. The number of carbonyl (C=O) groups excluding carboxylic acids is 1. The minimum absolute atomic E-state index is 0.0204. The Kier molecular flexibility index (Phi) is 4.13. The summed E-state index contributed by atoms with van der Waals surface area (Å²) < 4.78 is 22.4. The second-order valence-corrected chi connectivity index (χ2v) is 7.94. The largest absolute Gasteiger partial charge is 0.326 e. The molecule has 0 spiro atoms. The molecular formula is C15H22N2O3S. The molecule has 1 saturated carbocycles. The number of sulfonamides is 1. The van der Waals surface area contributed by atoms with E-state index >= 15 is 0 Å². The number of nitrogens with two attached hydrogens (primary N) is 1. The zero-order valence-corrected chi connectivity index (χ0v) is 13.4. The molecule has 1 amide bonds. The Labute approximate surface area is 126 Å². The van der Waals surface area contributed by atoms with E-state index in [1.54, 1.807) is 12.1 Å². The van der Waals surface area contributed by atoms with Crippen LogP contribution in [0.3, 0.4) is 0 Å². The van der Waals surface area contributed by atoms with Crippen molar-refractivity contribution >= 4 is 21.6 Å². The molecule has 1 aliphatic carbocycles. The van der Waals surface area contributed by atoms with Crippen molar-refractivity contribution in [2.75, 3.05) is 5.32 Å². The zero-order chi connectivity index (χ0) is 15.8. The van der Waals surface area contributed by atoms with Gasteiger partial charge >= 0.3 is 0 Å². The number of hydrogen-bond acceptors (Lipinski definition) is 3. The van der Waals surface area contributed by atoms with Gasteiger partial charge in [0, 0.05) is 5.69 Å². The number of amides is 1. The van der Waals surface area contributed by atoms with Gasteiger partial charge in [0.25, 0.3) is 0 Å². The summed E-state index contributed by atoms with van der Waals surface area (Å²) in [6, 6.07) is 5.92. The SMILES string of the molecule is CC(C)CC1(C(=O)Nc2ccc(S(N)(=O)=O)cc2)C[C@@H]1C. The molecule has 1 fully saturated rings. The molecule has 21 heavy (non-hydrogen) atoms. The van der Waals surface area contributed by atoms with E-state index in [0.717, 1.165) is 12.8 Å². The summed E-state index contributed by atoms with van der Waals surface area (Å²) >= 11 is 0. The number of benzene rings is 1. The van der Waals surface area contributed by atoms with Crippen molar-refractivity contribution in [2.24, 2.45) is 22.4 Å². The Morgan fingerprint density at radius 1 is 1.38 bits per heavy atom. The Hall–Kier alpha value is -1.40. The van der Waals surface area contributed by atoms with E-state index in [2.05, 4.69) is 26.1 Å². The van der Waals surface area contributed by atoms with Crippen molar-refractivity contribution in [3.63, 3.8) is 0 Å².